The number of azo groups is 1. The van der Waals surface area contributed by atoms with Crippen LogP contribution in [0, 0.1) is 0 Å². The number of amides is 1. The second kappa shape index (κ2) is 8.77. The molecule has 14 heteroatoms. The molecule has 1 aromatic carbocycles. The van der Waals surface area contributed by atoms with Crippen molar-refractivity contribution in [2.45, 2.75) is 12.4 Å². The molecule has 1 amide bonds. The molecular weight excluding hydrogens is 482 g/mol. The average Bonchev–Trinajstić information content (AvgIpc) is 3.27. The summed E-state index contributed by atoms with van der Waals surface area (Å²) in [5, 5.41) is 11.0. The number of nitrogens with zero attached hydrogens (tertiary/aromatic N) is 6. The fourth-order valence-electron chi connectivity index (χ4n) is 3.27. The van der Waals surface area contributed by atoms with E-state index in [0.717, 1.165) is 12.3 Å². The van der Waals surface area contributed by atoms with Crippen LogP contribution in [-0.4, -0.2) is 32.8 Å². The molecule has 35 heavy (non-hydrogen) atoms. The van der Waals surface area contributed by atoms with E-state index in [1.807, 2.05) is 0 Å². The largest absolute Gasteiger partial charge is 0.481 e. The quantitative estimate of drug-likeness (QED) is 0.265. The first kappa shape index (κ1) is 23.8. The van der Waals surface area contributed by atoms with Gasteiger partial charge in [0.05, 0.1) is 30.2 Å². The van der Waals surface area contributed by atoms with E-state index in [4.69, 9.17) is 4.74 Å². The van der Waals surface area contributed by atoms with Gasteiger partial charge >= 0.3 is 12.4 Å². The minimum atomic E-state index is -5.05. The minimum Gasteiger partial charge on any atom is -0.481 e. The maximum Gasteiger partial charge on any atom is 0.434 e. The van der Waals surface area contributed by atoms with Crippen LogP contribution in [0.25, 0.3) is 16.5 Å². The van der Waals surface area contributed by atoms with Gasteiger partial charge in [-0.15, -0.1) is 10.2 Å². The Kier molecular flexibility index (Phi) is 5.96. The molecule has 0 spiro atoms. The lowest BCUT2D eigenvalue weighted by molar-refractivity contribution is -0.143. The molecule has 4 rings (SSSR count). The van der Waals surface area contributed by atoms with Crippen LogP contribution in [0.3, 0.4) is 0 Å². The molecule has 0 aliphatic heterocycles. The van der Waals surface area contributed by atoms with E-state index < -0.39 is 40.9 Å². The number of aromatic nitrogens is 4. The zero-order valence-electron chi connectivity index (χ0n) is 17.5. The summed E-state index contributed by atoms with van der Waals surface area (Å²) in [7, 11) is 1.35. The molecule has 3 aromatic heterocycles. The molecular formula is C21H12F6N6O2. The van der Waals surface area contributed by atoms with Crippen LogP contribution in [0.5, 0.6) is 5.88 Å². The van der Waals surface area contributed by atoms with Gasteiger partial charge in [0.1, 0.15) is 5.69 Å². The van der Waals surface area contributed by atoms with Crippen molar-refractivity contribution < 1.29 is 35.9 Å². The summed E-state index contributed by atoms with van der Waals surface area (Å²) in [5.74, 6) is -1.28. The fourth-order valence-corrected chi connectivity index (χ4v) is 3.27. The van der Waals surface area contributed by atoms with Gasteiger partial charge in [-0.25, -0.2) is 9.67 Å². The molecule has 3 heterocycles. The Bertz CT molecular complexity index is 1440. The summed E-state index contributed by atoms with van der Waals surface area (Å²) in [4.78, 5) is 19.6. The third-order valence-electron chi connectivity index (χ3n) is 4.73. The van der Waals surface area contributed by atoms with Crippen molar-refractivity contribution in [1.29, 1.82) is 0 Å². The van der Waals surface area contributed by atoms with Gasteiger partial charge in [0.25, 0.3) is 5.91 Å². The van der Waals surface area contributed by atoms with Gasteiger partial charge in [-0.05, 0) is 30.3 Å². The number of methoxy groups -OCH3 is 1. The molecule has 0 aliphatic rings. The topological polar surface area (TPSA) is 94.6 Å². The minimum absolute atomic E-state index is 0.0181. The van der Waals surface area contributed by atoms with Gasteiger partial charge < -0.3 is 4.74 Å². The summed E-state index contributed by atoms with van der Waals surface area (Å²) in [6.07, 6.45) is -7.04. The number of carbonyl (C=O) groups excluding carboxylic acids is 1. The molecule has 0 bridgehead atoms. The van der Waals surface area contributed by atoms with E-state index in [-0.39, 0.29) is 11.6 Å². The number of alkyl halides is 6. The van der Waals surface area contributed by atoms with Crippen LogP contribution in [-0.2, 0) is 12.4 Å². The highest BCUT2D eigenvalue weighted by Crippen LogP contribution is 2.37. The van der Waals surface area contributed by atoms with Gasteiger partial charge in [0.2, 0.25) is 5.88 Å². The monoisotopic (exact) mass is 494 g/mol. The molecule has 0 unspecified atom stereocenters. The Morgan fingerprint density at radius 3 is 2.40 bits per heavy atom. The van der Waals surface area contributed by atoms with Gasteiger partial charge in [-0.3, -0.25) is 9.78 Å². The van der Waals surface area contributed by atoms with E-state index in [2.05, 4.69) is 25.3 Å². The van der Waals surface area contributed by atoms with Crippen molar-refractivity contribution in [3.05, 3.63) is 71.9 Å². The van der Waals surface area contributed by atoms with Crippen LogP contribution < -0.4 is 4.74 Å². The number of rotatable bonds is 4. The molecule has 8 nitrogen and oxygen atoms in total. The van der Waals surface area contributed by atoms with Crippen LogP contribution in [0.1, 0.15) is 21.7 Å². The van der Waals surface area contributed by atoms with E-state index in [1.54, 1.807) is 6.07 Å². The van der Waals surface area contributed by atoms with Crippen molar-refractivity contribution >= 4 is 22.4 Å². The average molecular weight is 494 g/mol. The third kappa shape index (κ3) is 4.67. The summed E-state index contributed by atoms with van der Waals surface area (Å²) in [6.45, 7) is 0. The molecule has 0 aliphatic carbocycles. The van der Waals surface area contributed by atoms with Crippen molar-refractivity contribution in [2.24, 2.45) is 10.2 Å². The van der Waals surface area contributed by atoms with Crippen LogP contribution in [0.2, 0.25) is 0 Å². The number of benzene rings is 1. The summed E-state index contributed by atoms with van der Waals surface area (Å²) < 4.78 is 86.1. The number of fused-ring (bicyclic) bond motifs is 1. The first-order valence-electron chi connectivity index (χ1n) is 9.57. The summed E-state index contributed by atoms with van der Waals surface area (Å²) >= 11 is 0. The number of hydrogen-bond donors (Lipinski definition) is 0. The fraction of sp³-hybridized carbons (Fsp3) is 0.143. The number of pyridine rings is 2. The SMILES string of the molecule is COc1nccc2c(-n3ncc(C(=O)N=Nc4ccnc(C(F)(F)F)c4)c3C(F)(F)F)cccc12. The van der Waals surface area contributed by atoms with E-state index in [0.29, 0.717) is 27.7 Å². The molecule has 0 radical (unpaired) electrons. The van der Waals surface area contributed by atoms with Crippen LogP contribution >= 0.6 is 0 Å². The number of carbonyl (C=O) groups is 1. The van der Waals surface area contributed by atoms with Gasteiger partial charge in [-0.2, -0.15) is 31.4 Å². The first-order chi connectivity index (χ1) is 16.5. The van der Waals surface area contributed by atoms with E-state index in [1.165, 1.54) is 31.5 Å². The highest BCUT2D eigenvalue weighted by molar-refractivity contribution is 5.97. The Labute approximate surface area is 191 Å². The lowest BCUT2D eigenvalue weighted by Gasteiger charge is -2.14. The molecule has 0 fully saturated rings. The van der Waals surface area contributed by atoms with Crippen molar-refractivity contribution in [1.82, 2.24) is 19.7 Å². The Morgan fingerprint density at radius 2 is 1.71 bits per heavy atom. The predicted octanol–water partition coefficient (Wildman–Crippen LogP) is 5.79. The van der Waals surface area contributed by atoms with Crippen molar-refractivity contribution in [3.63, 3.8) is 0 Å². The van der Waals surface area contributed by atoms with Gasteiger partial charge in [0, 0.05) is 23.2 Å². The maximum atomic E-state index is 14.0. The smallest absolute Gasteiger partial charge is 0.434 e. The Balaban J connectivity index is 1.78. The van der Waals surface area contributed by atoms with E-state index >= 15 is 0 Å². The highest BCUT2D eigenvalue weighted by Gasteiger charge is 2.41. The molecule has 0 atom stereocenters. The Hall–Kier alpha value is -4.36. The van der Waals surface area contributed by atoms with Gasteiger partial charge in [0.15, 0.2) is 5.69 Å². The molecule has 180 valence electrons. The zero-order valence-corrected chi connectivity index (χ0v) is 17.5. The van der Waals surface area contributed by atoms with Gasteiger partial charge in [-0.1, -0.05) is 6.07 Å². The molecule has 4 aromatic rings. The standard InChI is InChI=1S/C21H12F6N6O2/c1-35-19-13-3-2-4-15(12(13)6-8-29-19)33-17(21(25,26)27)14(10-30-33)18(34)32-31-11-5-7-28-16(9-11)20(22,23)24/h2-10H,1H3. The lowest BCUT2D eigenvalue weighted by Crippen LogP contribution is -2.17. The lowest BCUT2D eigenvalue weighted by atomic mass is 10.1. The van der Waals surface area contributed by atoms with Crippen molar-refractivity contribution in [2.75, 3.05) is 7.11 Å². The third-order valence-corrected chi connectivity index (χ3v) is 4.73. The van der Waals surface area contributed by atoms with Crippen molar-refractivity contribution in [3.8, 4) is 11.6 Å². The second-order valence-electron chi connectivity index (χ2n) is 6.91. The first-order valence-corrected chi connectivity index (χ1v) is 9.57. The maximum absolute atomic E-state index is 14.0. The summed E-state index contributed by atoms with van der Waals surface area (Å²) in [6, 6.07) is 7.38. The molecule has 0 saturated carbocycles. The Morgan fingerprint density at radius 1 is 0.971 bits per heavy atom. The van der Waals surface area contributed by atoms with Crippen LogP contribution in [0.4, 0.5) is 32.0 Å². The molecule has 0 saturated heterocycles. The number of ether oxygens (including phenoxy) is 1. The highest BCUT2D eigenvalue weighted by atomic mass is 19.4. The number of hydrogen-bond acceptors (Lipinski definition) is 6. The number of halogens is 6. The predicted molar refractivity (Wildman–Crippen MR) is 109 cm³/mol. The second-order valence-corrected chi connectivity index (χ2v) is 6.91. The molecule has 0 N–H and O–H groups in total. The van der Waals surface area contributed by atoms with Crippen LogP contribution in [0.15, 0.2) is 65.2 Å². The summed E-state index contributed by atoms with van der Waals surface area (Å²) in [5.41, 5.74) is -4.11. The normalized spacial score (nSPS) is 12.4. The zero-order chi connectivity index (χ0) is 25.4. The van der Waals surface area contributed by atoms with E-state index in [9.17, 15) is 31.1 Å².